The van der Waals surface area contributed by atoms with Crippen molar-refractivity contribution in [1.29, 1.82) is 0 Å². The van der Waals surface area contributed by atoms with Crippen LogP contribution in [0.5, 0.6) is 5.75 Å². The highest BCUT2D eigenvalue weighted by Gasteiger charge is 2.14. The minimum atomic E-state index is -2.96. The van der Waals surface area contributed by atoms with Crippen molar-refractivity contribution < 1.29 is 18.3 Å². The van der Waals surface area contributed by atoms with E-state index in [-0.39, 0.29) is 15.8 Å². The summed E-state index contributed by atoms with van der Waals surface area (Å²) < 4.78 is 33.6. The number of hydrogen-bond acceptors (Lipinski definition) is 3. The molecule has 108 valence electrons. The minimum absolute atomic E-state index is 0.0368. The molecule has 0 bridgehead atoms. The lowest BCUT2D eigenvalue weighted by molar-refractivity contribution is -0.0497. The Bertz CT molecular complexity index is 396. The summed E-state index contributed by atoms with van der Waals surface area (Å²) in [6.45, 7) is 0.306. The number of alkyl halides is 2. The maximum absolute atomic E-state index is 12.2. The highest BCUT2D eigenvalue weighted by atomic mass is 35.5. The van der Waals surface area contributed by atoms with Crippen molar-refractivity contribution in [2.75, 3.05) is 25.6 Å². The van der Waals surface area contributed by atoms with Crippen molar-refractivity contribution in [3.8, 4) is 5.75 Å². The molecule has 1 atom stereocenters. The molecule has 1 N–H and O–H groups in total. The molecule has 19 heavy (non-hydrogen) atoms. The van der Waals surface area contributed by atoms with Crippen molar-refractivity contribution in [3.05, 3.63) is 22.2 Å². The Kier molecular flexibility index (Phi) is 6.62. The fourth-order valence-electron chi connectivity index (χ4n) is 1.50. The third-order valence-electron chi connectivity index (χ3n) is 2.31. The summed E-state index contributed by atoms with van der Waals surface area (Å²) in [6, 6.07) is 2.98. The van der Waals surface area contributed by atoms with E-state index in [1.807, 2.05) is 6.92 Å². The molecule has 0 aliphatic heterocycles. The van der Waals surface area contributed by atoms with Gasteiger partial charge in [0.25, 0.3) is 0 Å². The predicted molar refractivity (Wildman–Crippen MR) is 72.6 cm³/mol. The van der Waals surface area contributed by atoms with Gasteiger partial charge in [0.15, 0.2) is 5.75 Å². The number of rotatable bonds is 7. The summed E-state index contributed by atoms with van der Waals surface area (Å²) >= 11 is 11.7. The maximum atomic E-state index is 12.2. The van der Waals surface area contributed by atoms with Crippen LogP contribution in [0.25, 0.3) is 0 Å². The van der Waals surface area contributed by atoms with Gasteiger partial charge in [-0.05, 0) is 18.1 Å². The second kappa shape index (κ2) is 7.72. The van der Waals surface area contributed by atoms with Gasteiger partial charge < -0.3 is 14.8 Å². The van der Waals surface area contributed by atoms with E-state index in [4.69, 9.17) is 27.9 Å². The van der Waals surface area contributed by atoms with Crippen molar-refractivity contribution in [1.82, 2.24) is 0 Å². The second-order valence-corrected chi connectivity index (χ2v) is 4.90. The zero-order valence-corrected chi connectivity index (χ0v) is 12.1. The van der Waals surface area contributed by atoms with Crippen molar-refractivity contribution >= 4 is 28.9 Å². The lowest BCUT2D eigenvalue weighted by atomic mass is 10.2. The molecule has 0 fully saturated rings. The van der Waals surface area contributed by atoms with Crippen LogP contribution in [0.4, 0.5) is 14.5 Å². The van der Waals surface area contributed by atoms with Gasteiger partial charge in [0.1, 0.15) is 0 Å². The fourth-order valence-corrected chi connectivity index (χ4v) is 2.08. The van der Waals surface area contributed by atoms with Crippen LogP contribution in [0.2, 0.25) is 10.0 Å². The maximum Gasteiger partial charge on any atom is 0.387 e. The molecule has 0 spiro atoms. The largest absolute Gasteiger partial charge is 0.432 e. The third-order valence-corrected chi connectivity index (χ3v) is 2.87. The van der Waals surface area contributed by atoms with Crippen LogP contribution < -0.4 is 10.1 Å². The van der Waals surface area contributed by atoms with Crippen molar-refractivity contribution in [2.24, 2.45) is 5.92 Å². The quantitative estimate of drug-likeness (QED) is 0.814. The summed E-state index contributed by atoms with van der Waals surface area (Å²) in [6.07, 6.45) is 0. The van der Waals surface area contributed by atoms with E-state index in [0.29, 0.717) is 24.8 Å². The van der Waals surface area contributed by atoms with Gasteiger partial charge in [-0.15, -0.1) is 0 Å². The normalized spacial score (nSPS) is 12.6. The minimum Gasteiger partial charge on any atom is -0.432 e. The average Bonchev–Trinajstić information content (AvgIpc) is 2.31. The van der Waals surface area contributed by atoms with Crippen molar-refractivity contribution in [2.45, 2.75) is 13.5 Å². The molecule has 0 saturated carbocycles. The number of anilines is 1. The van der Waals surface area contributed by atoms with E-state index >= 15 is 0 Å². The van der Waals surface area contributed by atoms with Crippen LogP contribution in [0.3, 0.4) is 0 Å². The first-order chi connectivity index (χ1) is 8.93. The molecule has 3 nitrogen and oxygen atoms in total. The van der Waals surface area contributed by atoms with E-state index in [0.717, 1.165) is 0 Å². The Morgan fingerprint density at radius 3 is 2.32 bits per heavy atom. The molecule has 0 amide bonds. The Labute approximate surface area is 120 Å². The molecule has 0 aromatic heterocycles. The predicted octanol–water partition coefficient (Wildman–Crippen LogP) is 4.29. The van der Waals surface area contributed by atoms with Crippen LogP contribution in [0.15, 0.2) is 12.1 Å². The number of nitrogens with one attached hydrogen (secondary N) is 1. The molecular weight excluding hydrogens is 299 g/mol. The van der Waals surface area contributed by atoms with Gasteiger partial charge in [-0.3, -0.25) is 0 Å². The SMILES string of the molecule is COCC(C)CNc1cc(Cl)c(OC(F)F)c(Cl)c1. The zero-order valence-electron chi connectivity index (χ0n) is 10.6. The fraction of sp³-hybridized carbons (Fsp3) is 0.500. The molecule has 1 aromatic rings. The van der Waals surface area contributed by atoms with Crippen LogP contribution in [0, 0.1) is 5.92 Å². The number of hydrogen-bond donors (Lipinski definition) is 1. The standard InChI is InChI=1S/C12H15Cl2F2NO2/c1-7(6-18-2)5-17-8-3-9(13)11(10(14)4-8)19-12(15)16/h3-4,7,12,17H,5-6H2,1-2H3. The molecule has 0 heterocycles. The monoisotopic (exact) mass is 313 g/mol. The molecule has 1 aromatic carbocycles. The molecule has 0 radical (unpaired) electrons. The van der Waals surface area contributed by atoms with E-state index in [2.05, 4.69) is 10.1 Å². The smallest absolute Gasteiger partial charge is 0.387 e. The topological polar surface area (TPSA) is 30.5 Å². The molecule has 0 aliphatic carbocycles. The highest BCUT2D eigenvalue weighted by Crippen LogP contribution is 2.36. The van der Waals surface area contributed by atoms with Gasteiger partial charge in [-0.1, -0.05) is 30.1 Å². The Hall–Kier alpha value is -0.780. The van der Waals surface area contributed by atoms with Gasteiger partial charge >= 0.3 is 6.61 Å². The Morgan fingerprint density at radius 1 is 1.26 bits per heavy atom. The summed E-state index contributed by atoms with van der Waals surface area (Å²) in [7, 11) is 1.63. The first-order valence-electron chi connectivity index (χ1n) is 5.60. The molecule has 0 saturated heterocycles. The number of methoxy groups -OCH3 is 1. The lowest BCUT2D eigenvalue weighted by Gasteiger charge is -2.15. The van der Waals surface area contributed by atoms with Crippen molar-refractivity contribution in [3.63, 3.8) is 0 Å². The first-order valence-corrected chi connectivity index (χ1v) is 6.36. The summed E-state index contributed by atoms with van der Waals surface area (Å²) in [4.78, 5) is 0. The molecule has 1 unspecified atom stereocenters. The molecule has 0 aliphatic rings. The molecular formula is C12H15Cl2F2NO2. The summed E-state index contributed by atoms with van der Waals surface area (Å²) in [5, 5.41) is 3.17. The zero-order chi connectivity index (χ0) is 14.4. The summed E-state index contributed by atoms with van der Waals surface area (Å²) in [5.41, 5.74) is 0.638. The third kappa shape index (κ3) is 5.38. The van der Waals surface area contributed by atoms with E-state index < -0.39 is 6.61 Å². The molecule has 1 rings (SSSR count). The average molecular weight is 314 g/mol. The second-order valence-electron chi connectivity index (χ2n) is 4.09. The highest BCUT2D eigenvalue weighted by molar-refractivity contribution is 6.37. The first kappa shape index (κ1) is 16.3. The van der Waals surface area contributed by atoms with Crippen LogP contribution >= 0.6 is 23.2 Å². The summed E-state index contributed by atoms with van der Waals surface area (Å²) in [5.74, 6) is 0.0772. The van der Waals surface area contributed by atoms with Gasteiger partial charge in [0, 0.05) is 19.3 Å². The Balaban J connectivity index is 2.72. The number of halogens is 4. The van der Waals surface area contributed by atoms with E-state index in [9.17, 15) is 8.78 Å². The van der Waals surface area contributed by atoms with Gasteiger partial charge in [-0.2, -0.15) is 8.78 Å². The van der Waals surface area contributed by atoms with Crippen LogP contribution in [-0.4, -0.2) is 26.9 Å². The molecule has 7 heteroatoms. The number of benzene rings is 1. The van der Waals surface area contributed by atoms with Crippen LogP contribution in [-0.2, 0) is 4.74 Å². The van der Waals surface area contributed by atoms with Gasteiger partial charge in [0.2, 0.25) is 0 Å². The van der Waals surface area contributed by atoms with Crippen LogP contribution in [0.1, 0.15) is 6.92 Å². The van der Waals surface area contributed by atoms with Gasteiger partial charge in [-0.25, -0.2) is 0 Å². The van der Waals surface area contributed by atoms with E-state index in [1.54, 1.807) is 7.11 Å². The van der Waals surface area contributed by atoms with E-state index in [1.165, 1.54) is 12.1 Å². The Morgan fingerprint density at radius 2 is 1.84 bits per heavy atom. The van der Waals surface area contributed by atoms with Gasteiger partial charge in [0.05, 0.1) is 16.7 Å². The lowest BCUT2D eigenvalue weighted by Crippen LogP contribution is -2.15. The number of ether oxygens (including phenoxy) is 2.